The fraction of sp³-hybridized carbons (Fsp3) is 0.538. The maximum Gasteiger partial charge on any atom is 0.269 e. The van der Waals surface area contributed by atoms with E-state index in [4.69, 9.17) is 10.5 Å². The quantitative estimate of drug-likeness (QED) is 0.662. The van der Waals surface area contributed by atoms with Gasteiger partial charge in [-0.2, -0.15) is 11.8 Å². The monoisotopic (exact) mass is 282 g/mol. The second-order valence-electron chi connectivity index (χ2n) is 4.77. The Kier molecular flexibility index (Phi) is 4.31. The van der Waals surface area contributed by atoms with Crippen LogP contribution >= 0.6 is 11.8 Å². The number of hydrogen-bond acceptors (Lipinski definition) is 5. The summed E-state index contributed by atoms with van der Waals surface area (Å²) in [7, 11) is 1.58. The zero-order valence-corrected chi connectivity index (χ0v) is 11.7. The molecule has 2 N–H and O–H groups in total. The lowest BCUT2D eigenvalue weighted by molar-refractivity contribution is -0.384. The van der Waals surface area contributed by atoms with Crippen LogP contribution in [0.4, 0.5) is 5.69 Å². The van der Waals surface area contributed by atoms with Crippen molar-refractivity contribution in [1.29, 1.82) is 0 Å². The molecule has 0 saturated carbocycles. The number of hydrogen-bond donors (Lipinski definition) is 1. The molecule has 0 radical (unpaired) electrons. The number of ether oxygens (including phenoxy) is 1. The van der Waals surface area contributed by atoms with Gasteiger partial charge in [-0.25, -0.2) is 0 Å². The maximum atomic E-state index is 10.9. The first-order valence-corrected chi connectivity index (χ1v) is 7.24. The molecule has 5 nitrogen and oxygen atoms in total. The number of nitrogens with two attached hydrogens (primary N) is 1. The summed E-state index contributed by atoms with van der Waals surface area (Å²) in [4.78, 5) is 10.5. The van der Waals surface area contributed by atoms with E-state index in [1.165, 1.54) is 6.07 Å². The third kappa shape index (κ3) is 3.01. The molecular weight excluding hydrogens is 264 g/mol. The van der Waals surface area contributed by atoms with E-state index in [1.54, 1.807) is 19.2 Å². The van der Waals surface area contributed by atoms with Crippen molar-refractivity contribution in [2.75, 3.05) is 19.4 Å². The summed E-state index contributed by atoms with van der Waals surface area (Å²) in [6.07, 6.45) is 2.93. The highest BCUT2D eigenvalue weighted by molar-refractivity contribution is 8.00. The van der Waals surface area contributed by atoms with Gasteiger partial charge < -0.3 is 10.5 Å². The smallest absolute Gasteiger partial charge is 0.269 e. The molecule has 2 rings (SSSR count). The minimum Gasteiger partial charge on any atom is -0.496 e. The highest BCUT2D eigenvalue weighted by atomic mass is 32.2. The number of methoxy groups -OCH3 is 1. The van der Waals surface area contributed by atoms with Gasteiger partial charge in [0.15, 0.2) is 0 Å². The minimum atomic E-state index is -0.375. The van der Waals surface area contributed by atoms with Gasteiger partial charge in [0.1, 0.15) is 5.75 Å². The van der Waals surface area contributed by atoms with Crippen LogP contribution in [0.1, 0.15) is 18.4 Å². The Morgan fingerprint density at radius 3 is 2.89 bits per heavy atom. The van der Waals surface area contributed by atoms with Crippen LogP contribution in [0, 0.1) is 10.1 Å². The summed E-state index contributed by atoms with van der Waals surface area (Å²) < 4.78 is 5.31. The third-order valence-electron chi connectivity index (χ3n) is 3.54. The van der Waals surface area contributed by atoms with Crippen molar-refractivity contribution >= 4 is 17.4 Å². The Bertz CT molecular complexity index is 473. The SMILES string of the molecule is COc1ccc([N+](=O)[O-])cc1CC1(CN)CCCS1. The van der Waals surface area contributed by atoms with E-state index in [9.17, 15) is 10.1 Å². The number of nitro groups is 1. The van der Waals surface area contributed by atoms with Crippen LogP contribution in [0.15, 0.2) is 18.2 Å². The van der Waals surface area contributed by atoms with Crippen molar-refractivity contribution < 1.29 is 9.66 Å². The van der Waals surface area contributed by atoms with Crippen LogP contribution in [0.2, 0.25) is 0 Å². The number of rotatable bonds is 5. The van der Waals surface area contributed by atoms with E-state index in [0.717, 1.165) is 30.6 Å². The number of nitrogens with zero attached hydrogens (tertiary/aromatic N) is 1. The minimum absolute atomic E-state index is 0.00248. The summed E-state index contributed by atoms with van der Waals surface area (Å²) in [5.41, 5.74) is 6.89. The summed E-state index contributed by atoms with van der Waals surface area (Å²) in [5, 5.41) is 10.9. The molecule has 1 fully saturated rings. The molecule has 1 aliphatic rings. The predicted molar refractivity (Wildman–Crippen MR) is 76.8 cm³/mol. The predicted octanol–water partition coefficient (Wildman–Crippen LogP) is 2.37. The van der Waals surface area contributed by atoms with Crippen LogP contribution in [0.25, 0.3) is 0 Å². The van der Waals surface area contributed by atoms with Gasteiger partial charge in [0.2, 0.25) is 0 Å². The normalized spacial score (nSPS) is 22.4. The fourth-order valence-electron chi connectivity index (χ4n) is 2.49. The molecule has 1 aromatic carbocycles. The Balaban J connectivity index is 2.31. The molecule has 1 aromatic rings. The van der Waals surface area contributed by atoms with Gasteiger partial charge in [0.05, 0.1) is 12.0 Å². The van der Waals surface area contributed by atoms with Crippen molar-refractivity contribution in [3.8, 4) is 5.75 Å². The average Bonchev–Trinajstić information content (AvgIpc) is 2.87. The van der Waals surface area contributed by atoms with E-state index in [2.05, 4.69) is 0 Å². The molecule has 1 saturated heterocycles. The average molecular weight is 282 g/mol. The Morgan fingerprint density at radius 2 is 2.37 bits per heavy atom. The first-order valence-electron chi connectivity index (χ1n) is 6.25. The van der Waals surface area contributed by atoms with Crippen molar-refractivity contribution in [2.24, 2.45) is 5.73 Å². The summed E-state index contributed by atoms with van der Waals surface area (Å²) in [6, 6.07) is 4.74. The third-order valence-corrected chi connectivity index (χ3v) is 5.16. The Morgan fingerprint density at radius 1 is 1.58 bits per heavy atom. The zero-order valence-electron chi connectivity index (χ0n) is 10.9. The van der Waals surface area contributed by atoms with E-state index < -0.39 is 0 Å². The van der Waals surface area contributed by atoms with Gasteiger partial charge in [-0.3, -0.25) is 10.1 Å². The standard InChI is InChI=1S/C13H18N2O3S/c1-18-12-4-3-11(15(16)17)7-10(12)8-13(9-14)5-2-6-19-13/h3-4,7H,2,5-6,8-9,14H2,1H3. The molecule has 1 atom stereocenters. The van der Waals surface area contributed by atoms with Crippen LogP contribution in [0.3, 0.4) is 0 Å². The van der Waals surface area contributed by atoms with E-state index in [0.29, 0.717) is 12.3 Å². The van der Waals surface area contributed by atoms with Gasteiger partial charge in [0.25, 0.3) is 5.69 Å². The zero-order chi connectivity index (χ0) is 13.9. The van der Waals surface area contributed by atoms with Crippen LogP contribution in [-0.4, -0.2) is 29.1 Å². The topological polar surface area (TPSA) is 78.4 Å². The molecule has 19 heavy (non-hydrogen) atoms. The molecule has 1 heterocycles. The highest BCUT2D eigenvalue weighted by Gasteiger charge is 2.34. The Labute approximate surface area is 116 Å². The number of thioether (sulfide) groups is 1. The molecule has 0 aliphatic carbocycles. The summed E-state index contributed by atoms with van der Waals surface area (Å²) in [5.74, 6) is 1.81. The van der Waals surface area contributed by atoms with Gasteiger partial charge in [-0.15, -0.1) is 0 Å². The van der Waals surface area contributed by atoms with Crippen molar-refractivity contribution in [1.82, 2.24) is 0 Å². The fourth-order valence-corrected chi connectivity index (χ4v) is 3.88. The molecular formula is C13H18N2O3S. The van der Waals surface area contributed by atoms with Crippen LogP contribution < -0.4 is 10.5 Å². The van der Waals surface area contributed by atoms with E-state index in [1.807, 2.05) is 11.8 Å². The van der Waals surface area contributed by atoms with E-state index >= 15 is 0 Å². The maximum absolute atomic E-state index is 10.9. The molecule has 1 unspecified atom stereocenters. The van der Waals surface area contributed by atoms with Crippen molar-refractivity contribution in [3.63, 3.8) is 0 Å². The molecule has 0 bridgehead atoms. The lowest BCUT2D eigenvalue weighted by Crippen LogP contribution is -2.34. The molecule has 6 heteroatoms. The lowest BCUT2D eigenvalue weighted by atomic mass is 9.93. The van der Waals surface area contributed by atoms with Gasteiger partial charge >= 0.3 is 0 Å². The van der Waals surface area contributed by atoms with Crippen LogP contribution in [0.5, 0.6) is 5.75 Å². The first kappa shape index (κ1) is 14.1. The van der Waals surface area contributed by atoms with Gasteiger partial charge in [-0.05, 0) is 31.1 Å². The number of non-ortho nitro benzene ring substituents is 1. The lowest BCUT2D eigenvalue weighted by Gasteiger charge is -2.27. The van der Waals surface area contributed by atoms with Crippen molar-refractivity contribution in [3.05, 3.63) is 33.9 Å². The molecule has 104 valence electrons. The molecule has 0 aromatic heterocycles. The Hall–Kier alpha value is -1.27. The van der Waals surface area contributed by atoms with Gasteiger partial charge in [0, 0.05) is 29.0 Å². The highest BCUT2D eigenvalue weighted by Crippen LogP contribution is 2.41. The number of benzene rings is 1. The summed E-state index contributed by atoms with van der Waals surface area (Å²) >= 11 is 1.87. The van der Waals surface area contributed by atoms with Crippen LogP contribution in [-0.2, 0) is 6.42 Å². The number of nitro benzene ring substituents is 1. The first-order chi connectivity index (χ1) is 9.10. The summed E-state index contributed by atoms with van der Waals surface area (Å²) in [6.45, 7) is 0.587. The van der Waals surface area contributed by atoms with Crippen molar-refractivity contribution in [2.45, 2.75) is 24.0 Å². The van der Waals surface area contributed by atoms with Gasteiger partial charge in [-0.1, -0.05) is 0 Å². The second-order valence-corrected chi connectivity index (χ2v) is 6.33. The second kappa shape index (κ2) is 5.79. The van der Waals surface area contributed by atoms with E-state index in [-0.39, 0.29) is 15.4 Å². The molecule has 0 amide bonds. The largest absolute Gasteiger partial charge is 0.496 e. The molecule has 0 spiro atoms. The molecule has 1 aliphatic heterocycles.